The summed E-state index contributed by atoms with van der Waals surface area (Å²) < 4.78 is 27.2. The molecule has 1 atom stereocenters. The van der Waals surface area contributed by atoms with Crippen LogP contribution in [0.2, 0.25) is 0 Å². The molecule has 1 amide bonds. The van der Waals surface area contributed by atoms with Gasteiger partial charge in [0.2, 0.25) is 15.9 Å². The van der Waals surface area contributed by atoms with Gasteiger partial charge in [-0.2, -0.15) is 4.31 Å². The molecule has 3 rings (SSSR count). The minimum Gasteiger partial charge on any atom is -0.351 e. The van der Waals surface area contributed by atoms with Crippen molar-refractivity contribution in [3.8, 4) is 0 Å². The van der Waals surface area contributed by atoms with E-state index in [1.165, 1.54) is 4.31 Å². The Morgan fingerprint density at radius 1 is 1.16 bits per heavy atom. The van der Waals surface area contributed by atoms with Gasteiger partial charge in [0.1, 0.15) is 6.04 Å². The van der Waals surface area contributed by atoms with E-state index < -0.39 is 16.1 Å². The fraction of sp³-hybridized carbons (Fsp3) is 0.316. The van der Waals surface area contributed by atoms with Crippen LogP contribution in [-0.2, 0) is 21.4 Å². The number of hydrogen-bond donors (Lipinski definition) is 1. The summed E-state index contributed by atoms with van der Waals surface area (Å²) in [5.41, 5.74) is 1.87. The molecular formula is C19H22N2O3S. The maximum absolute atomic E-state index is 12.9. The normalized spacial score (nSPS) is 18.2. The highest BCUT2D eigenvalue weighted by Gasteiger charge is 2.39. The molecule has 2 aromatic carbocycles. The first-order valence-corrected chi connectivity index (χ1v) is 9.82. The van der Waals surface area contributed by atoms with Crippen molar-refractivity contribution in [1.29, 1.82) is 0 Å². The van der Waals surface area contributed by atoms with E-state index in [0.717, 1.165) is 11.1 Å². The molecule has 25 heavy (non-hydrogen) atoms. The van der Waals surface area contributed by atoms with Crippen LogP contribution in [0.25, 0.3) is 0 Å². The lowest BCUT2D eigenvalue weighted by atomic mass is 10.2. The Bertz CT molecular complexity index is 850. The molecule has 0 aromatic heterocycles. The Balaban J connectivity index is 1.74. The summed E-state index contributed by atoms with van der Waals surface area (Å²) in [6.45, 7) is 2.63. The van der Waals surface area contributed by atoms with E-state index in [9.17, 15) is 13.2 Å². The third-order valence-electron chi connectivity index (χ3n) is 4.41. The number of aryl methyl sites for hydroxylation is 1. The monoisotopic (exact) mass is 358 g/mol. The van der Waals surface area contributed by atoms with Crippen LogP contribution in [-0.4, -0.2) is 31.2 Å². The Kier molecular flexibility index (Phi) is 5.20. The van der Waals surface area contributed by atoms with Crippen LogP contribution in [0.4, 0.5) is 0 Å². The first-order valence-electron chi connectivity index (χ1n) is 8.38. The minimum absolute atomic E-state index is 0.238. The molecule has 1 N–H and O–H groups in total. The van der Waals surface area contributed by atoms with Gasteiger partial charge in [0.05, 0.1) is 4.90 Å². The lowest BCUT2D eigenvalue weighted by Crippen LogP contribution is -2.45. The molecule has 0 radical (unpaired) electrons. The number of rotatable bonds is 5. The Hall–Kier alpha value is -2.18. The molecular weight excluding hydrogens is 336 g/mol. The second kappa shape index (κ2) is 7.37. The molecule has 0 saturated carbocycles. The number of carbonyl (C=O) groups is 1. The molecule has 1 heterocycles. The average molecular weight is 358 g/mol. The molecule has 6 heteroatoms. The lowest BCUT2D eigenvalue weighted by molar-refractivity contribution is -0.124. The van der Waals surface area contributed by atoms with Crippen LogP contribution in [0.5, 0.6) is 0 Å². The molecule has 1 saturated heterocycles. The fourth-order valence-electron chi connectivity index (χ4n) is 3.10. The molecule has 0 spiro atoms. The summed E-state index contributed by atoms with van der Waals surface area (Å²) in [6.07, 6.45) is 1.24. The second-order valence-corrected chi connectivity index (χ2v) is 8.18. The predicted octanol–water partition coefficient (Wildman–Crippen LogP) is 2.46. The first kappa shape index (κ1) is 17.6. The van der Waals surface area contributed by atoms with Crippen molar-refractivity contribution in [3.05, 3.63) is 65.7 Å². The first-order chi connectivity index (χ1) is 12.0. The fourth-order valence-corrected chi connectivity index (χ4v) is 4.87. The number of carbonyl (C=O) groups excluding carboxylic acids is 1. The van der Waals surface area contributed by atoms with Crippen molar-refractivity contribution >= 4 is 15.9 Å². The van der Waals surface area contributed by atoms with Gasteiger partial charge in [-0.05, 0) is 43.0 Å². The minimum atomic E-state index is -3.67. The van der Waals surface area contributed by atoms with Crippen LogP contribution in [0.15, 0.2) is 59.5 Å². The number of hydrogen-bond acceptors (Lipinski definition) is 3. The molecule has 2 aromatic rings. The van der Waals surface area contributed by atoms with Crippen molar-refractivity contribution in [2.75, 3.05) is 6.54 Å². The molecule has 0 unspecified atom stereocenters. The highest BCUT2D eigenvalue weighted by molar-refractivity contribution is 7.89. The van der Waals surface area contributed by atoms with Gasteiger partial charge in [-0.15, -0.1) is 0 Å². The van der Waals surface area contributed by atoms with Gasteiger partial charge >= 0.3 is 0 Å². The average Bonchev–Trinajstić information content (AvgIpc) is 3.11. The van der Waals surface area contributed by atoms with Crippen molar-refractivity contribution < 1.29 is 13.2 Å². The van der Waals surface area contributed by atoms with Crippen LogP contribution < -0.4 is 5.32 Å². The number of nitrogens with one attached hydrogen (secondary N) is 1. The summed E-state index contributed by atoms with van der Waals surface area (Å²) in [5.74, 6) is -0.238. The summed E-state index contributed by atoms with van der Waals surface area (Å²) >= 11 is 0. The van der Waals surface area contributed by atoms with Crippen molar-refractivity contribution in [2.45, 2.75) is 37.2 Å². The zero-order chi connectivity index (χ0) is 17.9. The molecule has 0 aliphatic carbocycles. The van der Waals surface area contributed by atoms with Crippen molar-refractivity contribution in [3.63, 3.8) is 0 Å². The topological polar surface area (TPSA) is 66.5 Å². The Morgan fingerprint density at radius 3 is 2.64 bits per heavy atom. The molecule has 132 valence electrons. The maximum atomic E-state index is 12.9. The van der Waals surface area contributed by atoms with E-state index in [4.69, 9.17) is 0 Å². The largest absolute Gasteiger partial charge is 0.351 e. The highest BCUT2D eigenvalue weighted by atomic mass is 32.2. The lowest BCUT2D eigenvalue weighted by Gasteiger charge is -2.23. The van der Waals surface area contributed by atoms with Gasteiger partial charge in [0.25, 0.3) is 0 Å². The summed E-state index contributed by atoms with van der Waals surface area (Å²) in [7, 11) is -3.67. The standard InChI is InChI=1S/C19H22N2O3S/c1-15-7-5-10-17(13-15)25(23,24)21-12-6-11-18(21)19(22)20-14-16-8-3-2-4-9-16/h2-5,7-10,13,18H,6,11-12,14H2,1H3,(H,20,22)/t18-/m1/s1. The summed E-state index contributed by atoms with van der Waals surface area (Å²) in [5, 5.41) is 2.86. The van der Waals surface area contributed by atoms with Crippen LogP contribution in [0.1, 0.15) is 24.0 Å². The number of amides is 1. The van der Waals surface area contributed by atoms with E-state index in [0.29, 0.717) is 25.9 Å². The van der Waals surface area contributed by atoms with Gasteiger partial charge in [-0.1, -0.05) is 42.5 Å². The SMILES string of the molecule is Cc1cccc(S(=O)(=O)N2CCC[C@@H]2C(=O)NCc2ccccc2)c1. The molecule has 1 aliphatic heterocycles. The zero-order valence-corrected chi connectivity index (χ0v) is 15.0. The van der Waals surface area contributed by atoms with Gasteiger partial charge in [0, 0.05) is 13.1 Å². The van der Waals surface area contributed by atoms with Gasteiger partial charge in [-0.3, -0.25) is 4.79 Å². The molecule has 1 aliphatic rings. The van der Waals surface area contributed by atoms with E-state index in [1.54, 1.807) is 18.2 Å². The third kappa shape index (κ3) is 3.91. The van der Waals surface area contributed by atoms with Gasteiger partial charge in [0.15, 0.2) is 0 Å². The predicted molar refractivity (Wildman–Crippen MR) is 96.4 cm³/mol. The van der Waals surface area contributed by atoms with E-state index >= 15 is 0 Å². The molecule has 5 nitrogen and oxygen atoms in total. The van der Waals surface area contributed by atoms with E-state index in [1.807, 2.05) is 43.3 Å². The molecule has 0 bridgehead atoms. The van der Waals surface area contributed by atoms with E-state index in [2.05, 4.69) is 5.32 Å². The van der Waals surface area contributed by atoms with Gasteiger partial charge in [-0.25, -0.2) is 8.42 Å². The highest BCUT2D eigenvalue weighted by Crippen LogP contribution is 2.26. The smallest absolute Gasteiger partial charge is 0.243 e. The quantitative estimate of drug-likeness (QED) is 0.893. The Labute approximate surface area is 148 Å². The summed E-state index contributed by atoms with van der Waals surface area (Å²) in [4.78, 5) is 12.8. The second-order valence-electron chi connectivity index (χ2n) is 6.29. The van der Waals surface area contributed by atoms with Gasteiger partial charge < -0.3 is 5.32 Å². The van der Waals surface area contributed by atoms with Crippen molar-refractivity contribution in [1.82, 2.24) is 9.62 Å². The van der Waals surface area contributed by atoms with Crippen molar-refractivity contribution in [2.24, 2.45) is 0 Å². The van der Waals surface area contributed by atoms with Crippen LogP contribution in [0, 0.1) is 6.92 Å². The van der Waals surface area contributed by atoms with Crippen LogP contribution >= 0.6 is 0 Å². The van der Waals surface area contributed by atoms with Crippen LogP contribution in [0.3, 0.4) is 0 Å². The Morgan fingerprint density at radius 2 is 1.92 bits per heavy atom. The van der Waals surface area contributed by atoms with E-state index in [-0.39, 0.29) is 10.8 Å². The zero-order valence-electron chi connectivity index (χ0n) is 14.2. The third-order valence-corrected chi connectivity index (χ3v) is 6.32. The number of sulfonamides is 1. The molecule has 1 fully saturated rings. The number of benzene rings is 2. The summed E-state index contributed by atoms with van der Waals surface area (Å²) in [6, 6.07) is 15.7. The number of nitrogens with zero attached hydrogens (tertiary/aromatic N) is 1. The maximum Gasteiger partial charge on any atom is 0.243 e.